The van der Waals surface area contributed by atoms with Crippen molar-refractivity contribution in [2.75, 3.05) is 25.2 Å². The minimum absolute atomic E-state index is 0.0196. The van der Waals surface area contributed by atoms with Crippen molar-refractivity contribution in [2.24, 2.45) is 0 Å². The smallest absolute Gasteiger partial charge is 0.257 e. The van der Waals surface area contributed by atoms with Crippen LogP contribution in [0.25, 0.3) is 22.5 Å². The maximum atomic E-state index is 15.7. The van der Waals surface area contributed by atoms with E-state index in [2.05, 4.69) is 32.4 Å². The van der Waals surface area contributed by atoms with Crippen molar-refractivity contribution in [3.8, 4) is 39.9 Å². The Balaban J connectivity index is 1.22. The van der Waals surface area contributed by atoms with Crippen molar-refractivity contribution in [1.82, 2.24) is 25.5 Å². The van der Waals surface area contributed by atoms with Gasteiger partial charge in [-0.25, -0.2) is 14.4 Å². The molecular weight excluding hydrogens is 475 g/mol. The van der Waals surface area contributed by atoms with Crippen molar-refractivity contribution < 1.29 is 19.0 Å². The molecule has 3 aromatic rings. The number of anilines is 1. The molecule has 2 aromatic heterocycles. The first kappa shape index (κ1) is 23.8. The number of hydrogen-bond donors (Lipinski definition) is 2. The summed E-state index contributed by atoms with van der Waals surface area (Å²) < 4.78 is 26.7. The molecule has 10 heteroatoms. The van der Waals surface area contributed by atoms with E-state index in [0.717, 1.165) is 30.4 Å². The molecule has 2 N–H and O–H groups in total. The summed E-state index contributed by atoms with van der Waals surface area (Å²) in [6, 6.07) is 6.75. The standard InChI is InChI=1S/C27H31FN6O3/c1-26-7-4-8-27(2,33-26)23(28)19(13-26)34(3)22-15-29-24(32-31-22)18-6-5-16(11-20(18)35)17-12-21-25(30-14-17)37-10-9-36-21/h5-6,11-12,14-15,19,23,33,35H,4,7-10,13H2,1-3H3/t19-,23-,26-,27+/m0/s1. The predicted octanol–water partition coefficient (Wildman–Crippen LogP) is 3.91. The van der Waals surface area contributed by atoms with Crippen LogP contribution in [0.5, 0.6) is 17.4 Å². The summed E-state index contributed by atoms with van der Waals surface area (Å²) in [5.41, 5.74) is 1.36. The Morgan fingerprint density at radius 1 is 1.05 bits per heavy atom. The Morgan fingerprint density at radius 2 is 1.89 bits per heavy atom. The van der Waals surface area contributed by atoms with Gasteiger partial charge in [-0.15, -0.1) is 10.2 Å². The molecule has 0 unspecified atom stereocenters. The molecular formula is C27H31FN6O3. The van der Waals surface area contributed by atoms with Gasteiger partial charge in [0.15, 0.2) is 17.4 Å². The second kappa shape index (κ2) is 8.79. The lowest BCUT2D eigenvalue weighted by Gasteiger charge is -2.56. The highest BCUT2D eigenvalue weighted by Gasteiger charge is 2.53. The molecule has 0 saturated carbocycles. The normalized spacial score (nSPS) is 28.5. The molecule has 6 rings (SSSR count). The molecule has 2 bridgehead atoms. The quantitative estimate of drug-likeness (QED) is 0.545. The van der Waals surface area contributed by atoms with Crippen LogP contribution in [0, 0.1) is 0 Å². The minimum Gasteiger partial charge on any atom is -0.507 e. The molecule has 5 heterocycles. The van der Waals surface area contributed by atoms with E-state index < -0.39 is 11.7 Å². The number of aromatic nitrogens is 4. The van der Waals surface area contributed by atoms with Crippen molar-refractivity contribution >= 4 is 5.82 Å². The molecule has 0 amide bonds. The molecule has 194 valence electrons. The van der Waals surface area contributed by atoms with E-state index in [1.165, 1.54) is 0 Å². The van der Waals surface area contributed by atoms with Crippen LogP contribution in [0.3, 0.4) is 0 Å². The Hall–Kier alpha value is -3.53. The first-order valence-electron chi connectivity index (χ1n) is 12.7. The molecule has 3 aliphatic heterocycles. The number of piperidine rings is 2. The highest BCUT2D eigenvalue weighted by atomic mass is 19.1. The van der Waals surface area contributed by atoms with Crippen LogP contribution < -0.4 is 19.7 Å². The van der Waals surface area contributed by atoms with Gasteiger partial charge in [0.2, 0.25) is 0 Å². The zero-order valence-electron chi connectivity index (χ0n) is 21.2. The van der Waals surface area contributed by atoms with Gasteiger partial charge >= 0.3 is 0 Å². The molecule has 0 aliphatic carbocycles. The number of benzene rings is 1. The summed E-state index contributed by atoms with van der Waals surface area (Å²) >= 11 is 0. The van der Waals surface area contributed by atoms with Crippen molar-refractivity contribution in [2.45, 2.75) is 62.8 Å². The average molecular weight is 507 g/mol. The summed E-state index contributed by atoms with van der Waals surface area (Å²) in [5, 5.41) is 22.9. The number of ether oxygens (including phenoxy) is 2. The van der Waals surface area contributed by atoms with Gasteiger partial charge in [0.05, 0.1) is 17.8 Å². The molecule has 0 radical (unpaired) electrons. The summed E-state index contributed by atoms with van der Waals surface area (Å²) in [6.45, 7) is 5.11. The third-order valence-corrected chi connectivity index (χ3v) is 8.00. The molecule has 3 aliphatic rings. The monoisotopic (exact) mass is 506 g/mol. The number of fused-ring (bicyclic) bond motifs is 3. The summed E-state index contributed by atoms with van der Waals surface area (Å²) in [6.07, 6.45) is 5.78. The van der Waals surface area contributed by atoms with Gasteiger partial charge in [-0.2, -0.15) is 0 Å². The van der Waals surface area contributed by atoms with Crippen LogP contribution in [0.15, 0.2) is 36.7 Å². The van der Waals surface area contributed by atoms with Gasteiger partial charge in [-0.3, -0.25) is 0 Å². The topological polar surface area (TPSA) is 106 Å². The zero-order chi connectivity index (χ0) is 25.8. The predicted molar refractivity (Wildman–Crippen MR) is 137 cm³/mol. The number of nitrogens with one attached hydrogen (secondary N) is 1. The van der Waals surface area contributed by atoms with E-state index in [9.17, 15) is 5.11 Å². The van der Waals surface area contributed by atoms with Crippen LogP contribution in [0.1, 0.15) is 39.5 Å². The maximum absolute atomic E-state index is 15.7. The van der Waals surface area contributed by atoms with E-state index in [1.54, 1.807) is 24.5 Å². The fraction of sp³-hybridized carbons (Fsp3) is 0.481. The van der Waals surface area contributed by atoms with Gasteiger partial charge in [0, 0.05) is 29.9 Å². The molecule has 37 heavy (non-hydrogen) atoms. The average Bonchev–Trinajstić information content (AvgIpc) is 2.90. The van der Waals surface area contributed by atoms with Crippen LogP contribution in [0.2, 0.25) is 0 Å². The SMILES string of the molecule is CN(c1cnc(-c2ccc(-c3cnc4c(c3)OCCO4)cc2O)nn1)[C@H]1C[C@]2(C)CCC[C@@](C)(N2)[C@H]1F. The third kappa shape index (κ3) is 4.22. The zero-order valence-corrected chi connectivity index (χ0v) is 21.2. The lowest BCUT2D eigenvalue weighted by molar-refractivity contribution is 0.00193. The molecule has 4 atom stereocenters. The van der Waals surface area contributed by atoms with E-state index in [0.29, 0.717) is 48.5 Å². The van der Waals surface area contributed by atoms with Crippen LogP contribution in [-0.4, -0.2) is 68.8 Å². The maximum Gasteiger partial charge on any atom is 0.257 e. The second-order valence-electron chi connectivity index (χ2n) is 10.8. The van der Waals surface area contributed by atoms with Crippen molar-refractivity contribution in [3.63, 3.8) is 0 Å². The Bertz CT molecular complexity index is 1320. The molecule has 1 aromatic carbocycles. The molecule has 0 spiro atoms. The van der Waals surface area contributed by atoms with Crippen LogP contribution >= 0.6 is 0 Å². The molecule has 2 fully saturated rings. The highest BCUT2D eigenvalue weighted by molar-refractivity contribution is 5.73. The first-order chi connectivity index (χ1) is 17.7. The number of pyridine rings is 1. The summed E-state index contributed by atoms with van der Waals surface area (Å²) in [5.74, 6) is 1.86. The fourth-order valence-electron chi connectivity index (χ4n) is 6.06. The first-order valence-corrected chi connectivity index (χ1v) is 12.7. The Labute approximate surface area is 215 Å². The lowest BCUT2D eigenvalue weighted by Crippen LogP contribution is -2.72. The Morgan fingerprint density at radius 3 is 2.68 bits per heavy atom. The largest absolute Gasteiger partial charge is 0.507 e. The summed E-state index contributed by atoms with van der Waals surface area (Å²) in [4.78, 5) is 10.6. The van der Waals surface area contributed by atoms with E-state index in [-0.39, 0.29) is 17.3 Å². The fourth-order valence-corrected chi connectivity index (χ4v) is 6.06. The lowest BCUT2D eigenvalue weighted by atomic mass is 9.68. The van der Waals surface area contributed by atoms with Gasteiger partial charge in [-0.1, -0.05) is 6.07 Å². The number of nitrogens with zero attached hydrogens (tertiary/aromatic N) is 5. The van der Waals surface area contributed by atoms with E-state index in [1.807, 2.05) is 31.0 Å². The van der Waals surface area contributed by atoms with Gasteiger partial charge in [-0.05, 0) is 63.3 Å². The van der Waals surface area contributed by atoms with Crippen LogP contribution in [0.4, 0.5) is 10.2 Å². The van der Waals surface area contributed by atoms with Gasteiger partial charge < -0.3 is 24.8 Å². The minimum atomic E-state index is -1.04. The number of hydrogen-bond acceptors (Lipinski definition) is 9. The number of phenolic OH excluding ortho intramolecular Hbond substituents is 1. The second-order valence-corrected chi connectivity index (χ2v) is 10.8. The van der Waals surface area contributed by atoms with E-state index >= 15 is 4.39 Å². The van der Waals surface area contributed by atoms with Gasteiger partial charge in [0.25, 0.3) is 5.88 Å². The van der Waals surface area contributed by atoms with E-state index in [4.69, 9.17) is 9.47 Å². The number of aromatic hydroxyl groups is 1. The molecule has 9 nitrogen and oxygen atoms in total. The Kier molecular flexibility index (Phi) is 5.67. The number of halogens is 1. The number of phenols is 1. The number of rotatable bonds is 4. The summed E-state index contributed by atoms with van der Waals surface area (Å²) in [7, 11) is 1.85. The molecule has 2 saturated heterocycles. The number of alkyl halides is 1. The highest BCUT2D eigenvalue weighted by Crippen LogP contribution is 2.43. The van der Waals surface area contributed by atoms with Crippen molar-refractivity contribution in [1.29, 1.82) is 0 Å². The van der Waals surface area contributed by atoms with Crippen LogP contribution in [-0.2, 0) is 0 Å². The van der Waals surface area contributed by atoms with Gasteiger partial charge in [0.1, 0.15) is 25.1 Å². The third-order valence-electron chi connectivity index (χ3n) is 8.00. The van der Waals surface area contributed by atoms with Crippen molar-refractivity contribution in [3.05, 3.63) is 36.7 Å².